The summed E-state index contributed by atoms with van der Waals surface area (Å²) in [5.41, 5.74) is 1.96. The quantitative estimate of drug-likeness (QED) is 0.770. The van der Waals surface area contributed by atoms with E-state index in [1.807, 2.05) is 0 Å². The predicted molar refractivity (Wildman–Crippen MR) is 94.6 cm³/mol. The van der Waals surface area contributed by atoms with Crippen LogP contribution < -0.4 is 5.32 Å². The van der Waals surface area contributed by atoms with Gasteiger partial charge < -0.3 is 10.2 Å². The van der Waals surface area contributed by atoms with Crippen LogP contribution in [0, 0.1) is 5.41 Å². The third kappa shape index (κ3) is 4.08. The van der Waals surface area contributed by atoms with Gasteiger partial charge in [0, 0.05) is 17.1 Å². The maximum Gasteiger partial charge on any atom is 0.0340 e. The first-order valence-corrected chi connectivity index (χ1v) is 9.07. The van der Waals surface area contributed by atoms with Gasteiger partial charge in [0.2, 0.25) is 0 Å². The van der Waals surface area contributed by atoms with Crippen LogP contribution in [0.15, 0.2) is 28.7 Å². The van der Waals surface area contributed by atoms with Crippen LogP contribution >= 0.6 is 15.9 Å². The van der Waals surface area contributed by atoms with E-state index in [2.05, 4.69) is 71.3 Å². The Bertz CT molecular complexity index is 443. The number of nitrogens with one attached hydrogen (secondary N) is 1. The Morgan fingerprint density at radius 2 is 2.00 bits per heavy atom. The third-order valence-corrected chi connectivity index (χ3v) is 6.10. The lowest BCUT2D eigenvalue weighted by Crippen LogP contribution is -2.29. The summed E-state index contributed by atoms with van der Waals surface area (Å²) in [4.78, 5) is 2.66. The van der Waals surface area contributed by atoms with Gasteiger partial charge in [0.15, 0.2) is 0 Å². The van der Waals surface area contributed by atoms with E-state index >= 15 is 0 Å². The highest BCUT2D eigenvalue weighted by atomic mass is 79.9. The van der Waals surface area contributed by atoms with Crippen molar-refractivity contribution in [3.05, 3.63) is 34.3 Å². The molecule has 1 aromatic carbocycles. The third-order valence-electron chi connectivity index (χ3n) is 5.38. The van der Waals surface area contributed by atoms with Gasteiger partial charge in [-0.15, -0.1) is 0 Å². The molecule has 1 aliphatic heterocycles. The lowest BCUT2D eigenvalue weighted by atomic mass is 9.82. The number of benzene rings is 1. The summed E-state index contributed by atoms with van der Waals surface area (Å²) in [6.07, 6.45) is 5.18. The molecule has 21 heavy (non-hydrogen) atoms. The Morgan fingerprint density at radius 3 is 2.57 bits per heavy atom. The van der Waals surface area contributed by atoms with E-state index in [1.54, 1.807) is 0 Å². The van der Waals surface area contributed by atoms with Crippen LogP contribution in [0.2, 0.25) is 0 Å². The van der Waals surface area contributed by atoms with Crippen molar-refractivity contribution < 1.29 is 0 Å². The van der Waals surface area contributed by atoms with Crippen molar-refractivity contribution in [1.29, 1.82) is 0 Å². The zero-order valence-electron chi connectivity index (χ0n) is 13.7. The molecule has 1 unspecified atom stereocenters. The summed E-state index contributed by atoms with van der Waals surface area (Å²) in [6, 6.07) is 8.99. The van der Waals surface area contributed by atoms with Crippen molar-refractivity contribution >= 4 is 15.9 Å². The Labute approximate surface area is 138 Å². The molecule has 2 rings (SSSR count). The van der Waals surface area contributed by atoms with E-state index in [-0.39, 0.29) is 0 Å². The SMILES string of the molecule is CCC1(CC)CCN(CCC(NC)c2ccccc2Br)C1. The van der Waals surface area contributed by atoms with E-state index in [4.69, 9.17) is 0 Å². The molecule has 1 aromatic rings. The van der Waals surface area contributed by atoms with Gasteiger partial charge in [0.1, 0.15) is 0 Å². The zero-order chi connectivity index (χ0) is 15.3. The standard InChI is InChI=1S/C18H29BrN2/c1-4-18(5-2)11-13-21(14-18)12-10-17(20-3)15-8-6-7-9-16(15)19/h6-9,17,20H,4-5,10-14H2,1-3H3. The first-order chi connectivity index (χ1) is 10.1. The van der Waals surface area contributed by atoms with E-state index < -0.39 is 0 Å². The van der Waals surface area contributed by atoms with Gasteiger partial charge in [0.25, 0.3) is 0 Å². The lowest BCUT2D eigenvalue weighted by molar-refractivity contribution is 0.234. The molecular weight excluding hydrogens is 324 g/mol. The molecule has 1 atom stereocenters. The number of hydrogen-bond donors (Lipinski definition) is 1. The Kier molecular flexibility index (Phi) is 6.27. The Balaban J connectivity index is 1.92. The molecular formula is C18H29BrN2. The maximum absolute atomic E-state index is 3.68. The minimum absolute atomic E-state index is 0.429. The molecule has 0 aromatic heterocycles. The number of nitrogens with zero attached hydrogens (tertiary/aromatic N) is 1. The monoisotopic (exact) mass is 352 g/mol. The van der Waals surface area contributed by atoms with Crippen molar-refractivity contribution in [2.24, 2.45) is 5.41 Å². The van der Waals surface area contributed by atoms with Crippen LogP contribution in [0.4, 0.5) is 0 Å². The van der Waals surface area contributed by atoms with Crippen molar-refractivity contribution in [1.82, 2.24) is 10.2 Å². The molecule has 1 aliphatic rings. The fourth-order valence-electron chi connectivity index (χ4n) is 3.57. The van der Waals surface area contributed by atoms with Crippen LogP contribution in [0.25, 0.3) is 0 Å². The largest absolute Gasteiger partial charge is 0.313 e. The Morgan fingerprint density at radius 1 is 1.29 bits per heavy atom. The molecule has 3 heteroatoms. The minimum atomic E-state index is 0.429. The molecule has 2 nitrogen and oxygen atoms in total. The smallest absolute Gasteiger partial charge is 0.0340 e. The first-order valence-electron chi connectivity index (χ1n) is 8.28. The number of rotatable bonds is 7. The van der Waals surface area contributed by atoms with Crippen molar-refractivity contribution in [3.63, 3.8) is 0 Å². The highest BCUT2D eigenvalue weighted by molar-refractivity contribution is 9.10. The summed E-state index contributed by atoms with van der Waals surface area (Å²) in [5, 5.41) is 3.48. The molecule has 118 valence electrons. The second kappa shape index (κ2) is 7.75. The highest BCUT2D eigenvalue weighted by Gasteiger charge is 2.34. The van der Waals surface area contributed by atoms with Crippen LogP contribution in [0.1, 0.15) is 51.1 Å². The molecule has 0 amide bonds. The average Bonchev–Trinajstić information content (AvgIpc) is 2.94. The van der Waals surface area contributed by atoms with Gasteiger partial charge in [0.05, 0.1) is 0 Å². The zero-order valence-corrected chi connectivity index (χ0v) is 15.2. The predicted octanol–water partition coefficient (Wildman–Crippen LogP) is 4.61. The summed E-state index contributed by atoms with van der Waals surface area (Å²) < 4.78 is 1.21. The molecule has 0 aliphatic carbocycles. The summed E-state index contributed by atoms with van der Waals surface area (Å²) in [7, 11) is 2.07. The fourth-order valence-corrected chi connectivity index (χ4v) is 4.13. The van der Waals surface area contributed by atoms with Crippen molar-refractivity contribution in [2.45, 2.75) is 45.6 Å². The summed E-state index contributed by atoms with van der Waals surface area (Å²) >= 11 is 3.68. The topological polar surface area (TPSA) is 15.3 Å². The van der Waals surface area contributed by atoms with Gasteiger partial charge in [-0.05, 0) is 62.9 Å². The summed E-state index contributed by atoms with van der Waals surface area (Å²) in [6.45, 7) is 8.45. The first kappa shape index (κ1) is 17.0. The van der Waals surface area contributed by atoms with Gasteiger partial charge in [-0.3, -0.25) is 0 Å². The number of halogens is 1. The van der Waals surface area contributed by atoms with E-state index in [9.17, 15) is 0 Å². The normalized spacial score (nSPS) is 19.8. The Hall–Kier alpha value is -0.380. The van der Waals surface area contributed by atoms with Gasteiger partial charge >= 0.3 is 0 Å². The van der Waals surface area contributed by atoms with Gasteiger partial charge in [-0.25, -0.2) is 0 Å². The van der Waals surface area contributed by atoms with E-state index in [1.165, 1.54) is 55.4 Å². The van der Waals surface area contributed by atoms with E-state index in [0.29, 0.717) is 11.5 Å². The molecule has 0 radical (unpaired) electrons. The maximum atomic E-state index is 3.68. The number of likely N-dealkylation sites (tertiary alicyclic amines) is 1. The number of hydrogen-bond acceptors (Lipinski definition) is 2. The highest BCUT2D eigenvalue weighted by Crippen LogP contribution is 2.37. The van der Waals surface area contributed by atoms with Crippen molar-refractivity contribution in [3.8, 4) is 0 Å². The van der Waals surface area contributed by atoms with Crippen LogP contribution in [0.3, 0.4) is 0 Å². The molecule has 0 bridgehead atoms. The minimum Gasteiger partial charge on any atom is -0.313 e. The molecule has 1 fully saturated rings. The molecule has 0 spiro atoms. The van der Waals surface area contributed by atoms with Crippen LogP contribution in [-0.4, -0.2) is 31.6 Å². The average molecular weight is 353 g/mol. The fraction of sp³-hybridized carbons (Fsp3) is 0.667. The van der Waals surface area contributed by atoms with Gasteiger partial charge in [-0.2, -0.15) is 0 Å². The molecule has 0 saturated carbocycles. The second-order valence-electron chi connectivity index (χ2n) is 6.38. The van der Waals surface area contributed by atoms with Crippen molar-refractivity contribution in [2.75, 3.05) is 26.7 Å². The van der Waals surface area contributed by atoms with Crippen LogP contribution in [0.5, 0.6) is 0 Å². The molecule has 1 N–H and O–H groups in total. The lowest BCUT2D eigenvalue weighted by Gasteiger charge is -2.27. The molecule has 1 heterocycles. The van der Waals surface area contributed by atoms with Crippen LogP contribution in [-0.2, 0) is 0 Å². The van der Waals surface area contributed by atoms with E-state index in [0.717, 1.165) is 0 Å². The van der Waals surface area contributed by atoms with Gasteiger partial charge in [-0.1, -0.05) is 48.0 Å². The molecule has 1 saturated heterocycles. The summed E-state index contributed by atoms with van der Waals surface area (Å²) in [5.74, 6) is 0. The second-order valence-corrected chi connectivity index (χ2v) is 7.24.